The van der Waals surface area contributed by atoms with Gasteiger partial charge in [0.05, 0.1) is 7.11 Å². The minimum atomic E-state index is -1.33. The fraction of sp³-hybridized carbons (Fsp3) is 0.200. The second-order valence-electron chi connectivity index (χ2n) is 2.79. The van der Waals surface area contributed by atoms with Crippen molar-refractivity contribution >= 4 is 11.9 Å². The van der Waals surface area contributed by atoms with Crippen LogP contribution >= 0.6 is 0 Å². The van der Waals surface area contributed by atoms with Crippen LogP contribution in [0.3, 0.4) is 0 Å². The van der Waals surface area contributed by atoms with Crippen molar-refractivity contribution in [2.24, 2.45) is 0 Å². The molecule has 1 N–H and O–H groups in total. The molecule has 0 saturated heterocycles. The summed E-state index contributed by atoms with van der Waals surface area (Å²) in [4.78, 5) is 21.5. The summed E-state index contributed by atoms with van der Waals surface area (Å²) >= 11 is 0. The third-order valence-electron chi connectivity index (χ3n) is 1.76. The van der Waals surface area contributed by atoms with Crippen molar-refractivity contribution in [2.75, 3.05) is 13.7 Å². The van der Waals surface area contributed by atoms with Crippen LogP contribution in [0.5, 0.6) is 5.75 Å². The van der Waals surface area contributed by atoms with Gasteiger partial charge in [-0.25, -0.2) is 14.0 Å². The summed E-state index contributed by atoms with van der Waals surface area (Å²) in [6.45, 7) is -0.544. The summed E-state index contributed by atoms with van der Waals surface area (Å²) in [5.41, 5.74) is -0.344. The summed E-state index contributed by atoms with van der Waals surface area (Å²) in [7, 11) is 1.14. The number of halogens is 1. The minimum absolute atomic E-state index is 0.344. The quantitative estimate of drug-likeness (QED) is 0.780. The van der Waals surface area contributed by atoms with Gasteiger partial charge in [0, 0.05) is 0 Å². The second-order valence-corrected chi connectivity index (χ2v) is 2.79. The van der Waals surface area contributed by atoms with Gasteiger partial charge >= 0.3 is 11.9 Å². The van der Waals surface area contributed by atoms with Gasteiger partial charge in [0.25, 0.3) is 0 Å². The molecule has 0 aromatic heterocycles. The maximum Gasteiger partial charge on any atom is 0.343 e. The molecule has 0 aliphatic rings. The van der Waals surface area contributed by atoms with Crippen LogP contribution in [0.25, 0.3) is 0 Å². The molecule has 16 heavy (non-hydrogen) atoms. The Balaban J connectivity index is 2.93. The van der Waals surface area contributed by atoms with Crippen LogP contribution in [-0.4, -0.2) is 30.8 Å². The zero-order chi connectivity index (χ0) is 12.1. The van der Waals surface area contributed by atoms with Gasteiger partial charge in [0.1, 0.15) is 5.56 Å². The fourth-order valence-electron chi connectivity index (χ4n) is 1.01. The Hall–Kier alpha value is -2.11. The van der Waals surface area contributed by atoms with Crippen LogP contribution in [0.15, 0.2) is 18.2 Å². The molecule has 1 aromatic rings. The predicted molar refractivity (Wildman–Crippen MR) is 50.9 cm³/mol. The number of benzene rings is 1. The summed E-state index contributed by atoms with van der Waals surface area (Å²) in [5.74, 6) is -3.37. The summed E-state index contributed by atoms with van der Waals surface area (Å²) in [5, 5.41) is 8.75. The number of esters is 1. The Labute approximate surface area is 90.4 Å². The van der Waals surface area contributed by atoms with E-state index in [1.165, 1.54) is 12.1 Å². The van der Waals surface area contributed by atoms with E-state index in [1.807, 2.05) is 0 Å². The van der Waals surface area contributed by atoms with Crippen molar-refractivity contribution in [3.63, 3.8) is 0 Å². The molecule has 0 unspecified atom stereocenters. The molecule has 0 aliphatic carbocycles. The topological polar surface area (TPSA) is 72.8 Å². The summed E-state index contributed by atoms with van der Waals surface area (Å²) in [6, 6.07) is 3.46. The number of methoxy groups -OCH3 is 1. The minimum Gasteiger partial charge on any atom is -0.478 e. The number of carboxylic acids is 1. The zero-order valence-corrected chi connectivity index (χ0v) is 8.40. The average molecular weight is 228 g/mol. The lowest BCUT2D eigenvalue weighted by atomic mass is 10.2. The zero-order valence-electron chi connectivity index (χ0n) is 8.40. The number of hydrogen-bond donors (Lipinski definition) is 1. The van der Waals surface area contributed by atoms with Crippen LogP contribution < -0.4 is 4.74 Å². The number of aromatic carboxylic acids is 1. The number of rotatable bonds is 4. The summed E-state index contributed by atoms with van der Waals surface area (Å²) in [6.07, 6.45) is 0. The Morgan fingerprint density at radius 1 is 1.44 bits per heavy atom. The van der Waals surface area contributed by atoms with Crippen LogP contribution in [0, 0.1) is 5.82 Å². The van der Waals surface area contributed by atoms with Crippen molar-refractivity contribution in [3.8, 4) is 5.75 Å². The lowest BCUT2D eigenvalue weighted by Gasteiger charge is -2.08. The molecule has 0 fully saturated rings. The number of ether oxygens (including phenoxy) is 2. The van der Waals surface area contributed by atoms with E-state index in [-0.39, 0.29) is 5.56 Å². The Morgan fingerprint density at radius 2 is 2.12 bits per heavy atom. The highest BCUT2D eigenvalue weighted by Crippen LogP contribution is 2.22. The van der Waals surface area contributed by atoms with Gasteiger partial charge in [-0.15, -0.1) is 0 Å². The number of hydrogen-bond acceptors (Lipinski definition) is 4. The SMILES string of the molecule is COC(=O)COc1c(F)cccc1C(=O)O. The van der Waals surface area contributed by atoms with E-state index in [9.17, 15) is 14.0 Å². The van der Waals surface area contributed by atoms with E-state index >= 15 is 0 Å². The van der Waals surface area contributed by atoms with Crippen LogP contribution in [0.4, 0.5) is 4.39 Å². The van der Waals surface area contributed by atoms with Crippen molar-refractivity contribution in [1.82, 2.24) is 0 Å². The Bertz CT molecular complexity index is 416. The molecule has 0 saturated carbocycles. The van der Waals surface area contributed by atoms with E-state index < -0.39 is 30.1 Å². The van der Waals surface area contributed by atoms with Gasteiger partial charge in [0.2, 0.25) is 0 Å². The second kappa shape index (κ2) is 5.11. The van der Waals surface area contributed by atoms with E-state index in [4.69, 9.17) is 9.84 Å². The lowest BCUT2D eigenvalue weighted by molar-refractivity contribution is -0.143. The maximum atomic E-state index is 13.2. The van der Waals surface area contributed by atoms with Gasteiger partial charge in [0.15, 0.2) is 18.2 Å². The molecule has 5 nitrogen and oxygen atoms in total. The van der Waals surface area contributed by atoms with Gasteiger partial charge in [-0.3, -0.25) is 0 Å². The Morgan fingerprint density at radius 3 is 2.69 bits per heavy atom. The van der Waals surface area contributed by atoms with Crippen LogP contribution in [0.1, 0.15) is 10.4 Å². The molecule has 0 amide bonds. The summed E-state index contributed by atoms with van der Waals surface area (Å²) < 4.78 is 22.3. The van der Waals surface area contributed by atoms with E-state index in [0.29, 0.717) is 0 Å². The highest BCUT2D eigenvalue weighted by atomic mass is 19.1. The molecule has 0 atom stereocenters. The largest absolute Gasteiger partial charge is 0.478 e. The van der Waals surface area contributed by atoms with Crippen molar-refractivity contribution in [2.45, 2.75) is 0 Å². The number of para-hydroxylation sites is 1. The van der Waals surface area contributed by atoms with Crippen LogP contribution in [-0.2, 0) is 9.53 Å². The van der Waals surface area contributed by atoms with E-state index in [0.717, 1.165) is 13.2 Å². The van der Waals surface area contributed by atoms with E-state index in [1.54, 1.807) is 0 Å². The molecule has 0 spiro atoms. The van der Waals surface area contributed by atoms with Crippen molar-refractivity contribution in [1.29, 1.82) is 0 Å². The first-order valence-corrected chi connectivity index (χ1v) is 4.27. The standard InChI is InChI=1S/C10H9FO5/c1-15-8(12)5-16-9-6(10(13)14)3-2-4-7(9)11/h2-4H,5H2,1H3,(H,13,14). The molecule has 0 heterocycles. The first-order chi connectivity index (χ1) is 7.56. The maximum absolute atomic E-state index is 13.2. The molecule has 1 aromatic carbocycles. The van der Waals surface area contributed by atoms with Gasteiger partial charge in [-0.05, 0) is 12.1 Å². The first kappa shape index (κ1) is 12.0. The van der Waals surface area contributed by atoms with Gasteiger partial charge < -0.3 is 14.6 Å². The normalized spacial score (nSPS) is 9.62. The highest BCUT2D eigenvalue weighted by molar-refractivity contribution is 5.91. The third-order valence-corrected chi connectivity index (χ3v) is 1.76. The smallest absolute Gasteiger partial charge is 0.343 e. The molecule has 6 heteroatoms. The fourth-order valence-corrected chi connectivity index (χ4v) is 1.01. The average Bonchev–Trinajstić information content (AvgIpc) is 2.26. The van der Waals surface area contributed by atoms with Crippen LogP contribution in [0.2, 0.25) is 0 Å². The van der Waals surface area contributed by atoms with Crippen molar-refractivity contribution in [3.05, 3.63) is 29.6 Å². The number of carbonyl (C=O) groups excluding carboxylic acids is 1. The van der Waals surface area contributed by atoms with Crippen molar-refractivity contribution < 1.29 is 28.6 Å². The highest BCUT2D eigenvalue weighted by Gasteiger charge is 2.16. The number of carboxylic acid groups (broad SMARTS) is 1. The molecular formula is C10H9FO5. The monoisotopic (exact) mass is 228 g/mol. The molecule has 0 aliphatic heterocycles. The van der Waals surface area contributed by atoms with E-state index in [2.05, 4.69) is 4.74 Å². The lowest BCUT2D eigenvalue weighted by Crippen LogP contribution is -2.15. The van der Waals surface area contributed by atoms with Gasteiger partial charge in [-0.2, -0.15) is 0 Å². The first-order valence-electron chi connectivity index (χ1n) is 4.27. The molecule has 0 bridgehead atoms. The van der Waals surface area contributed by atoms with Gasteiger partial charge in [-0.1, -0.05) is 6.07 Å². The Kier molecular flexibility index (Phi) is 3.82. The number of carbonyl (C=O) groups is 2. The third kappa shape index (κ3) is 2.69. The molecular weight excluding hydrogens is 219 g/mol. The molecule has 1 rings (SSSR count). The molecule has 0 radical (unpaired) electrons. The molecule has 86 valence electrons. The predicted octanol–water partition coefficient (Wildman–Crippen LogP) is 1.08.